The van der Waals surface area contributed by atoms with Gasteiger partial charge < -0.3 is 4.74 Å². The van der Waals surface area contributed by atoms with Gasteiger partial charge in [0.1, 0.15) is 11.5 Å². The highest BCUT2D eigenvalue weighted by molar-refractivity contribution is 6.30. The first-order valence-corrected chi connectivity index (χ1v) is 9.48. The lowest BCUT2D eigenvalue weighted by Crippen LogP contribution is -2.56. The molecule has 1 fully saturated rings. The molecule has 2 aromatic rings. The third-order valence-corrected chi connectivity index (χ3v) is 6.29. The van der Waals surface area contributed by atoms with E-state index in [1.165, 1.54) is 0 Å². The Balaban J connectivity index is 2.09. The van der Waals surface area contributed by atoms with Gasteiger partial charge in [-0.3, -0.25) is 9.59 Å². The summed E-state index contributed by atoms with van der Waals surface area (Å²) in [4.78, 5) is 26.0. The largest absolute Gasteiger partial charge is 0.458 e. The molecule has 1 unspecified atom stereocenters. The van der Waals surface area contributed by atoms with Crippen LogP contribution >= 0.6 is 11.6 Å². The number of halogens is 1. The van der Waals surface area contributed by atoms with Gasteiger partial charge in [0.2, 0.25) is 0 Å². The fourth-order valence-electron chi connectivity index (χ4n) is 3.69. The number of rotatable bonds is 2. The molecule has 0 N–H and O–H groups in total. The van der Waals surface area contributed by atoms with Gasteiger partial charge in [-0.05, 0) is 81.5 Å². The smallest absolute Gasteiger partial charge is 0.321 e. The molecule has 3 nitrogen and oxygen atoms in total. The molecule has 4 heteroatoms. The maximum Gasteiger partial charge on any atom is 0.321 e. The summed E-state index contributed by atoms with van der Waals surface area (Å²) in [6.07, 6.45) is 0. The van der Waals surface area contributed by atoms with Crippen LogP contribution in [0.3, 0.4) is 0 Å². The average molecular weight is 385 g/mol. The van der Waals surface area contributed by atoms with Crippen LogP contribution in [0.1, 0.15) is 50.3 Å². The summed E-state index contributed by atoms with van der Waals surface area (Å²) in [7, 11) is 0. The predicted molar refractivity (Wildman–Crippen MR) is 108 cm³/mol. The number of hydrogen-bond acceptors (Lipinski definition) is 3. The van der Waals surface area contributed by atoms with Gasteiger partial charge in [-0.2, -0.15) is 0 Å². The van der Waals surface area contributed by atoms with E-state index in [-0.39, 0.29) is 5.78 Å². The molecule has 1 atom stereocenters. The van der Waals surface area contributed by atoms with Crippen LogP contribution in [0.5, 0.6) is 0 Å². The minimum atomic E-state index is -0.882. The molecular formula is C23H25ClO3. The van der Waals surface area contributed by atoms with Gasteiger partial charge >= 0.3 is 5.97 Å². The van der Waals surface area contributed by atoms with E-state index in [0.717, 1.165) is 27.8 Å². The second-order valence-electron chi connectivity index (χ2n) is 8.38. The number of ether oxygens (including phenoxy) is 1. The molecule has 1 aliphatic heterocycles. The Morgan fingerprint density at radius 3 is 1.93 bits per heavy atom. The fraction of sp³-hybridized carbons (Fsp3) is 0.391. The van der Waals surface area contributed by atoms with Crippen LogP contribution in [0.15, 0.2) is 36.4 Å². The van der Waals surface area contributed by atoms with Crippen molar-refractivity contribution in [2.24, 2.45) is 5.41 Å². The Bertz CT molecular complexity index is 900. The normalized spacial score (nSPS) is 21.1. The van der Waals surface area contributed by atoms with Crippen molar-refractivity contribution in [3.05, 3.63) is 58.1 Å². The molecule has 0 aromatic heterocycles. The van der Waals surface area contributed by atoms with Crippen LogP contribution in [0.2, 0.25) is 5.02 Å². The number of ketones is 1. The first kappa shape index (κ1) is 19.6. The van der Waals surface area contributed by atoms with Gasteiger partial charge in [0.05, 0.1) is 5.41 Å². The van der Waals surface area contributed by atoms with Crippen molar-refractivity contribution in [2.75, 3.05) is 0 Å². The molecule has 2 aromatic carbocycles. The number of hydrogen-bond donors (Lipinski definition) is 0. The van der Waals surface area contributed by atoms with E-state index in [0.29, 0.717) is 5.02 Å². The summed E-state index contributed by atoms with van der Waals surface area (Å²) in [6, 6.07) is 11.6. The number of aryl methyl sites for hydroxylation is 2. The van der Waals surface area contributed by atoms with E-state index in [2.05, 4.69) is 0 Å². The number of Topliss-reactive ketones (excluding diaryl/α,β-unsaturated/α-hetero) is 1. The van der Waals surface area contributed by atoms with Crippen LogP contribution in [0.25, 0.3) is 11.1 Å². The summed E-state index contributed by atoms with van der Waals surface area (Å²) < 4.78 is 5.69. The Labute approximate surface area is 165 Å². The summed E-state index contributed by atoms with van der Waals surface area (Å²) in [5, 5.41) is 0.684. The third-order valence-electron chi connectivity index (χ3n) is 6.03. The highest BCUT2D eigenvalue weighted by Crippen LogP contribution is 2.46. The number of benzene rings is 2. The highest BCUT2D eigenvalue weighted by atomic mass is 35.5. The van der Waals surface area contributed by atoms with E-state index < -0.39 is 22.9 Å². The van der Waals surface area contributed by atoms with Crippen LogP contribution in [-0.4, -0.2) is 17.4 Å². The second-order valence-corrected chi connectivity index (χ2v) is 8.82. The molecule has 142 valence electrons. The maximum atomic E-state index is 13.3. The van der Waals surface area contributed by atoms with Gasteiger partial charge in [-0.1, -0.05) is 35.9 Å². The SMILES string of the molecule is Cc1cc(-c2ccc(Cl)cc2)cc(C)c1C1C(=O)OC(C)(C)C(C)(C)C1=O. The molecule has 0 bridgehead atoms. The monoisotopic (exact) mass is 384 g/mol. The van der Waals surface area contributed by atoms with E-state index >= 15 is 0 Å². The van der Waals surface area contributed by atoms with Crippen molar-refractivity contribution < 1.29 is 14.3 Å². The first-order chi connectivity index (χ1) is 12.5. The fourth-order valence-corrected chi connectivity index (χ4v) is 3.82. The summed E-state index contributed by atoms with van der Waals surface area (Å²) in [6.45, 7) is 11.2. The zero-order chi connectivity index (χ0) is 20.1. The molecule has 0 amide bonds. The highest BCUT2D eigenvalue weighted by Gasteiger charge is 2.56. The quantitative estimate of drug-likeness (QED) is 0.497. The molecule has 0 saturated carbocycles. The second kappa shape index (κ2) is 6.49. The van der Waals surface area contributed by atoms with Gasteiger partial charge in [0.15, 0.2) is 5.78 Å². The summed E-state index contributed by atoms with van der Waals surface area (Å²) >= 11 is 5.98. The van der Waals surface area contributed by atoms with Crippen molar-refractivity contribution in [1.29, 1.82) is 0 Å². The Morgan fingerprint density at radius 2 is 1.41 bits per heavy atom. The average Bonchev–Trinajstić information content (AvgIpc) is 2.56. The molecule has 27 heavy (non-hydrogen) atoms. The topological polar surface area (TPSA) is 43.4 Å². The molecule has 1 heterocycles. The van der Waals surface area contributed by atoms with Crippen LogP contribution in [0.4, 0.5) is 0 Å². The van der Waals surface area contributed by atoms with E-state index in [1.54, 1.807) is 13.8 Å². The Kier molecular flexibility index (Phi) is 4.72. The van der Waals surface area contributed by atoms with Gasteiger partial charge in [-0.25, -0.2) is 0 Å². The lowest BCUT2D eigenvalue weighted by molar-refractivity contribution is -0.187. The lowest BCUT2D eigenvalue weighted by atomic mass is 9.66. The zero-order valence-electron chi connectivity index (χ0n) is 16.6. The molecule has 1 saturated heterocycles. The van der Waals surface area contributed by atoms with Crippen molar-refractivity contribution in [3.63, 3.8) is 0 Å². The van der Waals surface area contributed by atoms with Crippen molar-refractivity contribution >= 4 is 23.4 Å². The minimum Gasteiger partial charge on any atom is -0.458 e. The van der Waals surface area contributed by atoms with Gasteiger partial charge in [0.25, 0.3) is 0 Å². The minimum absolute atomic E-state index is 0.0887. The molecular weight excluding hydrogens is 360 g/mol. The number of cyclic esters (lactones) is 1. The van der Waals surface area contributed by atoms with Gasteiger partial charge in [0, 0.05) is 5.02 Å². The number of carbonyl (C=O) groups excluding carboxylic acids is 2. The molecule has 1 aliphatic rings. The van der Waals surface area contributed by atoms with E-state index in [9.17, 15) is 9.59 Å². The lowest BCUT2D eigenvalue weighted by Gasteiger charge is -2.46. The van der Waals surface area contributed by atoms with Crippen molar-refractivity contribution in [1.82, 2.24) is 0 Å². The standard InChI is InChI=1S/C23H25ClO3/c1-13-11-16(15-7-9-17(24)10-8-15)12-14(2)18(13)19-20(25)22(3,4)23(5,6)27-21(19)26/h7-12,19H,1-6H3. The Hall–Kier alpha value is -2.13. The predicted octanol–water partition coefficient (Wildman–Crippen LogP) is 5.64. The van der Waals surface area contributed by atoms with Crippen LogP contribution in [0, 0.1) is 19.3 Å². The van der Waals surface area contributed by atoms with Crippen molar-refractivity contribution in [2.45, 2.75) is 53.1 Å². The van der Waals surface area contributed by atoms with E-state index in [1.807, 2.05) is 64.1 Å². The van der Waals surface area contributed by atoms with E-state index in [4.69, 9.17) is 16.3 Å². The third kappa shape index (κ3) is 3.19. The molecule has 0 radical (unpaired) electrons. The summed E-state index contributed by atoms with van der Waals surface area (Å²) in [5.74, 6) is -1.43. The molecule has 3 rings (SSSR count). The van der Waals surface area contributed by atoms with Crippen LogP contribution < -0.4 is 0 Å². The first-order valence-electron chi connectivity index (χ1n) is 9.10. The molecule has 0 spiro atoms. The maximum absolute atomic E-state index is 13.3. The molecule has 0 aliphatic carbocycles. The number of carbonyl (C=O) groups is 2. The van der Waals surface area contributed by atoms with Gasteiger partial charge in [-0.15, -0.1) is 0 Å². The summed E-state index contributed by atoms with van der Waals surface area (Å²) in [5.41, 5.74) is 3.04. The Morgan fingerprint density at radius 1 is 0.889 bits per heavy atom. The zero-order valence-corrected chi connectivity index (χ0v) is 17.4. The van der Waals surface area contributed by atoms with Crippen molar-refractivity contribution in [3.8, 4) is 11.1 Å². The van der Waals surface area contributed by atoms with Crippen LogP contribution in [-0.2, 0) is 14.3 Å². The number of esters is 1.